The van der Waals surface area contributed by atoms with Crippen LogP contribution in [0.3, 0.4) is 0 Å². The van der Waals surface area contributed by atoms with Crippen LogP contribution in [0.25, 0.3) is 0 Å². The second-order valence-corrected chi connectivity index (χ2v) is 5.94. The molecule has 0 atom stereocenters. The van der Waals surface area contributed by atoms with Crippen molar-refractivity contribution in [1.29, 1.82) is 0 Å². The molecule has 1 saturated heterocycles. The molecule has 19 heavy (non-hydrogen) atoms. The number of likely N-dealkylation sites (tertiary alicyclic amines) is 1. The van der Waals surface area contributed by atoms with Gasteiger partial charge in [-0.15, -0.1) is 0 Å². The van der Waals surface area contributed by atoms with Gasteiger partial charge in [0.2, 0.25) is 5.91 Å². The second-order valence-electron chi connectivity index (χ2n) is 4.83. The molecule has 1 amide bonds. The number of hydrogen-bond acceptors (Lipinski definition) is 3. The second kappa shape index (κ2) is 6.05. The van der Waals surface area contributed by atoms with Gasteiger partial charge in [0.15, 0.2) is 0 Å². The van der Waals surface area contributed by atoms with E-state index >= 15 is 0 Å². The third kappa shape index (κ3) is 3.36. The maximum atomic E-state index is 12.2. The summed E-state index contributed by atoms with van der Waals surface area (Å²) in [5, 5.41) is 0.159. The predicted molar refractivity (Wildman–Crippen MR) is 76.2 cm³/mol. The Balaban J connectivity index is 2.11. The fourth-order valence-electron chi connectivity index (χ4n) is 2.08. The number of amides is 1. The zero-order valence-electron chi connectivity index (χ0n) is 10.6. The van der Waals surface area contributed by atoms with Crippen LogP contribution < -0.4 is 5.56 Å². The standard InChI is InChI=1S/C12H15BrClN3O2/c1-8-2-4-16(5-3-8)10(19)7-17-9(18)6-15-11(13)12(17)14/h6,8H,2-5,7H2,1H3. The van der Waals surface area contributed by atoms with Crippen LogP contribution in [0.5, 0.6) is 0 Å². The highest BCUT2D eigenvalue weighted by molar-refractivity contribution is 9.10. The van der Waals surface area contributed by atoms with Crippen LogP contribution in [0.1, 0.15) is 19.8 Å². The number of nitrogens with zero attached hydrogens (tertiary/aromatic N) is 3. The smallest absolute Gasteiger partial charge is 0.270 e. The Morgan fingerprint density at radius 1 is 1.53 bits per heavy atom. The highest BCUT2D eigenvalue weighted by Gasteiger charge is 2.21. The van der Waals surface area contributed by atoms with Crippen molar-refractivity contribution in [1.82, 2.24) is 14.5 Å². The Morgan fingerprint density at radius 3 is 2.79 bits per heavy atom. The molecule has 0 aromatic carbocycles. The number of aromatic nitrogens is 2. The van der Waals surface area contributed by atoms with E-state index in [-0.39, 0.29) is 23.2 Å². The van der Waals surface area contributed by atoms with E-state index in [4.69, 9.17) is 11.6 Å². The molecule has 0 unspecified atom stereocenters. The summed E-state index contributed by atoms with van der Waals surface area (Å²) in [4.78, 5) is 29.4. The molecule has 0 aliphatic carbocycles. The molecule has 0 bridgehead atoms. The van der Waals surface area contributed by atoms with Crippen LogP contribution in [0.2, 0.25) is 5.15 Å². The number of carbonyl (C=O) groups is 1. The summed E-state index contributed by atoms with van der Waals surface area (Å²) in [6.07, 6.45) is 3.17. The van der Waals surface area contributed by atoms with E-state index in [0.29, 0.717) is 10.5 Å². The molecule has 7 heteroatoms. The van der Waals surface area contributed by atoms with E-state index in [0.717, 1.165) is 32.1 Å². The molecule has 2 rings (SSSR count). The SMILES string of the molecule is CC1CCN(C(=O)Cn2c(Cl)c(Br)ncc2=O)CC1. The minimum atomic E-state index is -0.369. The zero-order valence-corrected chi connectivity index (χ0v) is 12.9. The van der Waals surface area contributed by atoms with Crippen molar-refractivity contribution in [2.75, 3.05) is 13.1 Å². The summed E-state index contributed by atoms with van der Waals surface area (Å²) in [6.45, 7) is 3.65. The monoisotopic (exact) mass is 347 g/mol. The summed E-state index contributed by atoms with van der Waals surface area (Å²) in [7, 11) is 0. The topological polar surface area (TPSA) is 55.2 Å². The molecule has 2 heterocycles. The first-order valence-electron chi connectivity index (χ1n) is 6.17. The van der Waals surface area contributed by atoms with Crippen LogP contribution in [0.15, 0.2) is 15.6 Å². The number of carbonyl (C=O) groups excluding carboxylic acids is 1. The number of halogens is 2. The highest BCUT2D eigenvalue weighted by Crippen LogP contribution is 2.19. The van der Waals surface area contributed by atoms with Crippen LogP contribution in [0.4, 0.5) is 0 Å². The van der Waals surface area contributed by atoms with E-state index in [9.17, 15) is 9.59 Å². The lowest BCUT2D eigenvalue weighted by atomic mass is 9.99. The van der Waals surface area contributed by atoms with Crippen molar-refractivity contribution < 1.29 is 4.79 Å². The third-order valence-corrected chi connectivity index (χ3v) is 4.58. The van der Waals surface area contributed by atoms with Gasteiger partial charge >= 0.3 is 0 Å². The van der Waals surface area contributed by atoms with Crippen LogP contribution >= 0.6 is 27.5 Å². The van der Waals surface area contributed by atoms with E-state index in [2.05, 4.69) is 27.8 Å². The maximum absolute atomic E-state index is 12.2. The summed E-state index contributed by atoms with van der Waals surface area (Å²) < 4.78 is 1.60. The van der Waals surface area contributed by atoms with E-state index in [1.165, 1.54) is 4.57 Å². The Kier molecular flexibility index (Phi) is 4.62. The number of piperidine rings is 1. The lowest BCUT2D eigenvalue weighted by Crippen LogP contribution is -2.41. The predicted octanol–water partition coefficient (Wildman–Crippen LogP) is 1.92. The van der Waals surface area contributed by atoms with Gasteiger partial charge in [-0.05, 0) is 34.7 Å². The van der Waals surface area contributed by atoms with Crippen molar-refractivity contribution in [2.45, 2.75) is 26.3 Å². The molecule has 1 aliphatic heterocycles. The molecule has 0 radical (unpaired) electrons. The van der Waals surface area contributed by atoms with Crippen LogP contribution in [-0.2, 0) is 11.3 Å². The minimum absolute atomic E-state index is 0.0346. The van der Waals surface area contributed by atoms with Gasteiger partial charge in [0.1, 0.15) is 16.3 Å². The van der Waals surface area contributed by atoms with Gasteiger partial charge in [-0.1, -0.05) is 18.5 Å². The van der Waals surface area contributed by atoms with Gasteiger partial charge in [0.05, 0.1) is 6.20 Å². The van der Waals surface area contributed by atoms with Crippen molar-refractivity contribution in [3.63, 3.8) is 0 Å². The molecule has 1 aromatic rings. The fourth-order valence-corrected chi connectivity index (χ4v) is 2.59. The minimum Gasteiger partial charge on any atom is -0.341 e. The van der Waals surface area contributed by atoms with Gasteiger partial charge in [-0.3, -0.25) is 14.2 Å². The summed E-state index contributed by atoms with van der Waals surface area (Å²) in [6, 6.07) is 0. The number of hydrogen-bond donors (Lipinski definition) is 0. The Labute approximate surface area is 124 Å². The van der Waals surface area contributed by atoms with E-state index < -0.39 is 0 Å². The normalized spacial score (nSPS) is 16.7. The van der Waals surface area contributed by atoms with Crippen molar-refractivity contribution in [2.24, 2.45) is 5.92 Å². The average molecular weight is 349 g/mol. The maximum Gasteiger partial charge on any atom is 0.270 e. The third-order valence-electron chi connectivity index (χ3n) is 3.39. The Bertz CT molecular complexity index is 538. The molecule has 0 saturated carbocycles. The molecule has 1 aromatic heterocycles. The Morgan fingerprint density at radius 2 is 2.16 bits per heavy atom. The molecule has 1 aliphatic rings. The zero-order chi connectivity index (χ0) is 14.0. The summed E-state index contributed by atoms with van der Waals surface area (Å²) in [5.74, 6) is 0.583. The van der Waals surface area contributed by atoms with Crippen molar-refractivity contribution >= 4 is 33.4 Å². The lowest BCUT2D eigenvalue weighted by Gasteiger charge is -2.30. The molecule has 0 spiro atoms. The molecule has 0 N–H and O–H groups in total. The fraction of sp³-hybridized carbons (Fsp3) is 0.583. The van der Waals surface area contributed by atoms with Crippen molar-refractivity contribution in [3.8, 4) is 0 Å². The molecular weight excluding hydrogens is 334 g/mol. The largest absolute Gasteiger partial charge is 0.341 e. The van der Waals surface area contributed by atoms with Gasteiger partial charge < -0.3 is 4.90 Å². The van der Waals surface area contributed by atoms with Gasteiger partial charge in [-0.25, -0.2) is 4.98 Å². The first kappa shape index (κ1) is 14.5. The first-order chi connectivity index (χ1) is 8.99. The average Bonchev–Trinajstić information content (AvgIpc) is 2.40. The first-order valence-corrected chi connectivity index (χ1v) is 7.34. The summed E-state index contributed by atoms with van der Waals surface area (Å²) in [5.41, 5.74) is -0.369. The number of rotatable bonds is 2. The van der Waals surface area contributed by atoms with Gasteiger partial charge in [0, 0.05) is 13.1 Å². The van der Waals surface area contributed by atoms with E-state index in [1.807, 2.05) is 0 Å². The molecule has 104 valence electrons. The molecule has 1 fully saturated rings. The Hall–Kier alpha value is -0.880. The highest BCUT2D eigenvalue weighted by atomic mass is 79.9. The van der Waals surface area contributed by atoms with E-state index in [1.54, 1.807) is 4.90 Å². The van der Waals surface area contributed by atoms with Crippen LogP contribution in [0, 0.1) is 5.92 Å². The summed E-state index contributed by atoms with van der Waals surface area (Å²) >= 11 is 9.13. The quantitative estimate of drug-likeness (QED) is 0.820. The van der Waals surface area contributed by atoms with Crippen molar-refractivity contribution in [3.05, 3.63) is 26.3 Å². The van der Waals surface area contributed by atoms with Gasteiger partial charge in [0.25, 0.3) is 5.56 Å². The van der Waals surface area contributed by atoms with Gasteiger partial charge in [-0.2, -0.15) is 0 Å². The molecular formula is C12H15BrClN3O2. The van der Waals surface area contributed by atoms with Crippen LogP contribution in [-0.4, -0.2) is 33.4 Å². The molecule has 5 nitrogen and oxygen atoms in total. The lowest BCUT2D eigenvalue weighted by molar-refractivity contribution is -0.133.